The third-order valence-corrected chi connectivity index (χ3v) is 3.22. The SMILES string of the molecule is CC1(c2nc(-c3ccc(F)cn3)no2)CCCN1. The standard InChI is InChI=1S/C12H13FN4O/c1-12(5-2-6-15-12)11-16-10(17-18-11)9-4-3-8(13)7-14-9/h3-4,7,15H,2,5-6H2,1H3. The molecule has 1 atom stereocenters. The van der Waals surface area contributed by atoms with Gasteiger partial charge in [-0.15, -0.1) is 0 Å². The number of hydrogen-bond acceptors (Lipinski definition) is 5. The lowest BCUT2D eigenvalue weighted by atomic mass is 10.0. The molecule has 18 heavy (non-hydrogen) atoms. The van der Waals surface area contributed by atoms with Crippen LogP contribution in [0.3, 0.4) is 0 Å². The van der Waals surface area contributed by atoms with E-state index in [2.05, 4.69) is 20.4 Å². The fraction of sp³-hybridized carbons (Fsp3) is 0.417. The maximum Gasteiger partial charge on any atom is 0.247 e. The number of hydrogen-bond donors (Lipinski definition) is 1. The van der Waals surface area contributed by atoms with Gasteiger partial charge in [0.05, 0.1) is 11.7 Å². The Labute approximate surface area is 103 Å². The van der Waals surface area contributed by atoms with E-state index in [1.807, 2.05) is 6.92 Å². The molecular formula is C12H13FN4O. The Morgan fingerprint density at radius 3 is 3.00 bits per heavy atom. The summed E-state index contributed by atoms with van der Waals surface area (Å²) in [6, 6.07) is 2.86. The molecule has 0 aliphatic carbocycles. The van der Waals surface area contributed by atoms with Crippen molar-refractivity contribution in [3.05, 3.63) is 30.0 Å². The summed E-state index contributed by atoms with van der Waals surface area (Å²) in [5.74, 6) is 0.563. The summed E-state index contributed by atoms with van der Waals surface area (Å²) in [6.07, 6.45) is 3.19. The average Bonchev–Trinajstić information content (AvgIpc) is 2.99. The van der Waals surface area contributed by atoms with Crippen LogP contribution in [0.1, 0.15) is 25.7 Å². The molecule has 3 rings (SSSR count). The third-order valence-electron chi connectivity index (χ3n) is 3.22. The summed E-state index contributed by atoms with van der Waals surface area (Å²) < 4.78 is 18.1. The van der Waals surface area contributed by atoms with Crippen molar-refractivity contribution in [3.63, 3.8) is 0 Å². The summed E-state index contributed by atoms with van der Waals surface area (Å²) in [5.41, 5.74) is 0.249. The first-order chi connectivity index (χ1) is 8.67. The predicted octanol–water partition coefficient (Wildman–Crippen LogP) is 1.87. The number of rotatable bonds is 2. The zero-order chi connectivity index (χ0) is 12.6. The number of pyridine rings is 1. The number of aromatic nitrogens is 3. The lowest BCUT2D eigenvalue weighted by molar-refractivity contribution is 0.275. The van der Waals surface area contributed by atoms with Crippen molar-refractivity contribution in [2.45, 2.75) is 25.3 Å². The van der Waals surface area contributed by atoms with Crippen LogP contribution >= 0.6 is 0 Å². The molecule has 0 amide bonds. The molecule has 1 N–H and O–H groups in total. The Morgan fingerprint density at radius 1 is 1.44 bits per heavy atom. The van der Waals surface area contributed by atoms with Gasteiger partial charge in [-0.2, -0.15) is 4.98 Å². The number of halogens is 1. The van der Waals surface area contributed by atoms with Gasteiger partial charge in [-0.25, -0.2) is 9.37 Å². The molecule has 3 heterocycles. The smallest absolute Gasteiger partial charge is 0.247 e. The van der Waals surface area contributed by atoms with Crippen LogP contribution < -0.4 is 5.32 Å². The van der Waals surface area contributed by atoms with E-state index in [0.29, 0.717) is 17.4 Å². The van der Waals surface area contributed by atoms with Crippen molar-refractivity contribution in [1.29, 1.82) is 0 Å². The molecular weight excluding hydrogens is 235 g/mol. The van der Waals surface area contributed by atoms with Crippen LogP contribution in [0.4, 0.5) is 4.39 Å². The van der Waals surface area contributed by atoms with Crippen LogP contribution in [0.5, 0.6) is 0 Å². The lowest BCUT2D eigenvalue weighted by Crippen LogP contribution is -2.33. The summed E-state index contributed by atoms with van der Waals surface area (Å²) in [7, 11) is 0. The monoisotopic (exact) mass is 248 g/mol. The Morgan fingerprint density at radius 2 is 2.33 bits per heavy atom. The van der Waals surface area contributed by atoms with Crippen molar-refractivity contribution >= 4 is 0 Å². The predicted molar refractivity (Wildman–Crippen MR) is 62.1 cm³/mol. The highest BCUT2D eigenvalue weighted by Crippen LogP contribution is 2.29. The van der Waals surface area contributed by atoms with Crippen LogP contribution in [0.25, 0.3) is 11.5 Å². The molecule has 1 fully saturated rings. The van der Waals surface area contributed by atoms with Gasteiger partial charge in [-0.3, -0.25) is 0 Å². The second-order valence-corrected chi connectivity index (χ2v) is 4.65. The highest BCUT2D eigenvalue weighted by atomic mass is 19.1. The highest BCUT2D eigenvalue weighted by molar-refractivity contribution is 5.47. The third kappa shape index (κ3) is 1.88. The molecule has 0 aromatic carbocycles. The van der Waals surface area contributed by atoms with Crippen molar-refractivity contribution in [1.82, 2.24) is 20.4 Å². The second-order valence-electron chi connectivity index (χ2n) is 4.65. The molecule has 1 aliphatic heterocycles. The van der Waals surface area contributed by atoms with Gasteiger partial charge in [-0.05, 0) is 38.4 Å². The van der Waals surface area contributed by atoms with Gasteiger partial charge >= 0.3 is 0 Å². The van der Waals surface area contributed by atoms with Crippen molar-refractivity contribution < 1.29 is 8.91 Å². The van der Waals surface area contributed by atoms with Crippen LogP contribution in [0.2, 0.25) is 0 Å². The minimum atomic E-state index is -0.383. The average molecular weight is 248 g/mol. The van der Waals surface area contributed by atoms with E-state index >= 15 is 0 Å². The Balaban J connectivity index is 1.91. The highest BCUT2D eigenvalue weighted by Gasteiger charge is 2.35. The first-order valence-corrected chi connectivity index (χ1v) is 5.88. The van der Waals surface area contributed by atoms with E-state index in [4.69, 9.17) is 4.52 Å². The molecule has 0 spiro atoms. The first-order valence-electron chi connectivity index (χ1n) is 5.88. The van der Waals surface area contributed by atoms with Gasteiger partial charge in [0.15, 0.2) is 0 Å². The molecule has 2 aromatic heterocycles. The van der Waals surface area contributed by atoms with Crippen molar-refractivity contribution in [2.24, 2.45) is 0 Å². The maximum atomic E-state index is 12.8. The van der Waals surface area contributed by atoms with Crippen LogP contribution in [0, 0.1) is 5.82 Å². The van der Waals surface area contributed by atoms with Gasteiger partial charge < -0.3 is 9.84 Å². The van der Waals surface area contributed by atoms with Crippen LogP contribution in [-0.4, -0.2) is 21.7 Å². The van der Waals surface area contributed by atoms with Crippen molar-refractivity contribution in [2.75, 3.05) is 6.54 Å². The van der Waals surface area contributed by atoms with Gasteiger partial charge in [-0.1, -0.05) is 5.16 Å². The van der Waals surface area contributed by atoms with Gasteiger partial charge in [0, 0.05) is 0 Å². The number of nitrogens with zero attached hydrogens (tertiary/aromatic N) is 3. The largest absolute Gasteiger partial charge is 0.337 e. The normalized spacial score (nSPS) is 23.4. The molecule has 2 aromatic rings. The fourth-order valence-electron chi connectivity index (χ4n) is 2.14. The minimum Gasteiger partial charge on any atom is -0.337 e. The molecule has 6 heteroatoms. The molecule has 0 bridgehead atoms. The second kappa shape index (κ2) is 4.13. The van der Waals surface area contributed by atoms with Gasteiger partial charge in [0.1, 0.15) is 11.5 Å². The molecule has 1 saturated heterocycles. The fourth-order valence-corrected chi connectivity index (χ4v) is 2.14. The zero-order valence-corrected chi connectivity index (χ0v) is 9.98. The minimum absolute atomic E-state index is 0.259. The summed E-state index contributed by atoms with van der Waals surface area (Å²) in [5, 5.41) is 7.24. The van der Waals surface area contributed by atoms with Crippen LogP contribution in [-0.2, 0) is 5.54 Å². The molecule has 1 unspecified atom stereocenters. The molecule has 94 valence electrons. The zero-order valence-electron chi connectivity index (χ0n) is 9.98. The lowest BCUT2D eigenvalue weighted by Gasteiger charge is -2.18. The van der Waals surface area contributed by atoms with Gasteiger partial charge in [0.2, 0.25) is 11.7 Å². The summed E-state index contributed by atoms with van der Waals surface area (Å²) in [4.78, 5) is 8.27. The van der Waals surface area contributed by atoms with Gasteiger partial charge in [0.25, 0.3) is 0 Å². The van der Waals surface area contributed by atoms with E-state index in [1.165, 1.54) is 12.1 Å². The van der Waals surface area contributed by atoms with Crippen molar-refractivity contribution in [3.8, 4) is 11.5 Å². The van der Waals surface area contributed by atoms with E-state index < -0.39 is 0 Å². The Bertz CT molecular complexity index is 545. The van der Waals surface area contributed by atoms with E-state index in [0.717, 1.165) is 25.6 Å². The maximum absolute atomic E-state index is 12.8. The Kier molecular flexibility index (Phi) is 2.59. The summed E-state index contributed by atoms with van der Waals surface area (Å²) in [6.45, 7) is 2.98. The molecule has 0 saturated carbocycles. The quantitative estimate of drug-likeness (QED) is 0.879. The van der Waals surface area contributed by atoms with E-state index in [9.17, 15) is 4.39 Å². The summed E-state index contributed by atoms with van der Waals surface area (Å²) >= 11 is 0. The molecule has 1 aliphatic rings. The van der Waals surface area contributed by atoms with E-state index in [1.54, 1.807) is 0 Å². The molecule has 5 nitrogen and oxygen atoms in total. The topological polar surface area (TPSA) is 63.8 Å². The molecule has 0 radical (unpaired) electrons. The van der Waals surface area contributed by atoms with E-state index in [-0.39, 0.29) is 11.4 Å². The number of nitrogens with one attached hydrogen (secondary N) is 1. The van der Waals surface area contributed by atoms with Crippen LogP contribution in [0.15, 0.2) is 22.9 Å². The Hall–Kier alpha value is -1.82. The first kappa shape index (κ1) is 11.3.